The van der Waals surface area contributed by atoms with Gasteiger partial charge < -0.3 is 14.8 Å². The first-order valence-electron chi connectivity index (χ1n) is 7.94. The van der Waals surface area contributed by atoms with Gasteiger partial charge >= 0.3 is 11.9 Å². The van der Waals surface area contributed by atoms with Gasteiger partial charge in [0.2, 0.25) is 0 Å². The summed E-state index contributed by atoms with van der Waals surface area (Å²) in [6.45, 7) is -0.738. The summed E-state index contributed by atoms with van der Waals surface area (Å²) >= 11 is 0. The van der Waals surface area contributed by atoms with Crippen molar-refractivity contribution in [1.29, 1.82) is 0 Å². The van der Waals surface area contributed by atoms with Gasteiger partial charge in [0.1, 0.15) is 17.7 Å². The predicted octanol–water partition coefficient (Wildman–Crippen LogP) is 2.02. The third-order valence-electron chi connectivity index (χ3n) is 3.59. The molecule has 0 aliphatic carbocycles. The average molecular weight is 377 g/mol. The molecule has 1 amide bonds. The first-order valence-corrected chi connectivity index (χ1v) is 7.94. The number of hydrogen-bond donors (Lipinski definition) is 1. The second-order valence-electron chi connectivity index (χ2n) is 5.53. The average Bonchev–Trinajstić information content (AvgIpc) is 2.65. The Labute approximate surface area is 154 Å². The van der Waals surface area contributed by atoms with Crippen LogP contribution < -0.4 is 5.32 Å². The lowest BCUT2D eigenvalue weighted by molar-refractivity contribution is -0.145. The van der Waals surface area contributed by atoms with Crippen LogP contribution in [-0.2, 0) is 25.5 Å². The zero-order valence-electron chi connectivity index (χ0n) is 14.4. The summed E-state index contributed by atoms with van der Waals surface area (Å²) < 4.78 is 35.8. The molecule has 0 unspecified atom stereocenters. The minimum atomic E-state index is -1.12. The Morgan fingerprint density at radius 1 is 1.07 bits per heavy atom. The molecular weight excluding hydrogens is 360 g/mol. The minimum Gasteiger partial charge on any atom is -0.467 e. The number of rotatable bonds is 7. The van der Waals surface area contributed by atoms with E-state index in [4.69, 9.17) is 4.74 Å². The number of nitrogens with one attached hydrogen (secondary N) is 1. The van der Waals surface area contributed by atoms with Gasteiger partial charge in [0, 0.05) is 12.5 Å². The van der Waals surface area contributed by atoms with Crippen LogP contribution in [0.1, 0.15) is 15.9 Å². The highest BCUT2D eigenvalue weighted by Crippen LogP contribution is 2.11. The lowest BCUT2D eigenvalue weighted by Crippen LogP contribution is -2.44. The number of amides is 1. The molecule has 0 aliphatic heterocycles. The van der Waals surface area contributed by atoms with Crippen LogP contribution in [0.25, 0.3) is 0 Å². The second kappa shape index (κ2) is 9.42. The molecule has 142 valence electrons. The number of esters is 2. The molecular formula is C19H17F2NO5. The van der Waals surface area contributed by atoms with E-state index < -0.39 is 47.7 Å². The maximum Gasteiger partial charge on any atom is 0.341 e. The van der Waals surface area contributed by atoms with Crippen LogP contribution in [0.2, 0.25) is 0 Å². The molecule has 0 saturated carbocycles. The third-order valence-corrected chi connectivity index (χ3v) is 3.59. The van der Waals surface area contributed by atoms with E-state index in [2.05, 4.69) is 10.1 Å². The highest BCUT2D eigenvalue weighted by molar-refractivity contribution is 5.92. The van der Waals surface area contributed by atoms with Gasteiger partial charge in [-0.25, -0.2) is 18.4 Å². The van der Waals surface area contributed by atoms with Crippen molar-refractivity contribution < 1.29 is 32.6 Å². The lowest BCUT2D eigenvalue weighted by Gasteiger charge is -2.16. The highest BCUT2D eigenvalue weighted by atomic mass is 19.1. The minimum absolute atomic E-state index is 0.180. The number of benzene rings is 2. The van der Waals surface area contributed by atoms with Crippen molar-refractivity contribution >= 4 is 17.8 Å². The quantitative estimate of drug-likeness (QED) is 0.747. The Morgan fingerprint density at radius 2 is 1.78 bits per heavy atom. The number of ether oxygens (including phenoxy) is 2. The van der Waals surface area contributed by atoms with Crippen molar-refractivity contribution in [3.8, 4) is 0 Å². The topological polar surface area (TPSA) is 81.7 Å². The van der Waals surface area contributed by atoms with Crippen molar-refractivity contribution in [3.63, 3.8) is 0 Å². The van der Waals surface area contributed by atoms with Gasteiger partial charge in [-0.15, -0.1) is 0 Å². The predicted molar refractivity (Wildman–Crippen MR) is 90.7 cm³/mol. The number of carbonyl (C=O) groups is 3. The van der Waals surface area contributed by atoms with E-state index in [1.807, 2.05) is 6.07 Å². The van der Waals surface area contributed by atoms with Gasteiger partial charge in [-0.2, -0.15) is 0 Å². The maximum atomic E-state index is 13.5. The molecule has 2 rings (SSSR count). The van der Waals surface area contributed by atoms with Crippen LogP contribution in [0.15, 0.2) is 48.5 Å². The molecule has 27 heavy (non-hydrogen) atoms. The van der Waals surface area contributed by atoms with Crippen molar-refractivity contribution in [1.82, 2.24) is 5.32 Å². The fourth-order valence-electron chi connectivity index (χ4n) is 2.29. The summed E-state index contributed by atoms with van der Waals surface area (Å²) in [7, 11) is 1.18. The summed E-state index contributed by atoms with van der Waals surface area (Å²) in [4.78, 5) is 35.6. The van der Waals surface area contributed by atoms with Gasteiger partial charge in [-0.1, -0.05) is 30.3 Å². The van der Waals surface area contributed by atoms with Crippen LogP contribution in [0.4, 0.5) is 8.78 Å². The third kappa shape index (κ3) is 5.88. The fraction of sp³-hybridized carbons (Fsp3) is 0.211. The Morgan fingerprint density at radius 3 is 2.41 bits per heavy atom. The Hall–Kier alpha value is -3.29. The first-order chi connectivity index (χ1) is 12.9. The lowest BCUT2D eigenvalue weighted by atomic mass is 10.1. The fourth-order valence-corrected chi connectivity index (χ4v) is 2.29. The summed E-state index contributed by atoms with van der Waals surface area (Å²) in [6.07, 6.45) is 0.180. The highest BCUT2D eigenvalue weighted by Gasteiger charge is 2.23. The number of hydrogen-bond acceptors (Lipinski definition) is 5. The number of halogens is 2. The SMILES string of the molecule is COC(=O)[C@H](Cc1ccccc1)NC(=O)COC(=O)c1ccc(F)cc1F. The van der Waals surface area contributed by atoms with Gasteiger partial charge in [-0.05, 0) is 17.7 Å². The summed E-state index contributed by atoms with van der Waals surface area (Å²) in [5.41, 5.74) is 0.289. The summed E-state index contributed by atoms with van der Waals surface area (Å²) in [5, 5.41) is 2.40. The molecule has 6 nitrogen and oxygen atoms in total. The molecule has 0 aromatic heterocycles. The van der Waals surface area contributed by atoms with E-state index in [0.717, 1.165) is 17.7 Å². The molecule has 0 bridgehead atoms. The molecule has 1 N–H and O–H groups in total. The van der Waals surface area contributed by atoms with E-state index in [-0.39, 0.29) is 6.42 Å². The standard InChI is InChI=1S/C19H17F2NO5/c1-26-19(25)16(9-12-5-3-2-4-6-12)22-17(23)11-27-18(24)14-8-7-13(20)10-15(14)21/h2-8,10,16H,9,11H2,1H3,(H,22,23)/t16-/m0/s1. The van der Waals surface area contributed by atoms with Crippen molar-refractivity contribution in [2.45, 2.75) is 12.5 Å². The van der Waals surface area contributed by atoms with Crippen molar-refractivity contribution in [2.75, 3.05) is 13.7 Å². The molecule has 0 heterocycles. The van der Waals surface area contributed by atoms with Gasteiger partial charge in [0.25, 0.3) is 5.91 Å². The van der Waals surface area contributed by atoms with Crippen LogP contribution in [-0.4, -0.2) is 37.6 Å². The summed E-state index contributed by atoms with van der Waals surface area (Å²) in [5.74, 6) is -4.50. The molecule has 0 saturated heterocycles. The van der Waals surface area contributed by atoms with Crippen LogP contribution >= 0.6 is 0 Å². The maximum absolute atomic E-state index is 13.5. The largest absolute Gasteiger partial charge is 0.467 e. The van der Waals surface area contributed by atoms with Crippen LogP contribution in [0.5, 0.6) is 0 Å². The zero-order valence-corrected chi connectivity index (χ0v) is 14.4. The molecule has 8 heteroatoms. The van der Waals surface area contributed by atoms with E-state index in [1.165, 1.54) is 7.11 Å². The van der Waals surface area contributed by atoms with Crippen molar-refractivity contribution in [2.24, 2.45) is 0 Å². The number of carbonyl (C=O) groups excluding carboxylic acids is 3. The Bertz CT molecular complexity index is 826. The molecule has 0 fully saturated rings. The van der Waals surface area contributed by atoms with Crippen molar-refractivity contribution in [3.05, 3.63) is 71.3 Å². The first kappa shape index (κ1) is 20.0. The molecule has 0 radical (unpaired) electrons. The monoisotopic (exact) mass is 377 g/mol. The van der Waals surface area contributed by atoms with Crippen LogP contribution in [0, 0.1) is 11.6 Å². The van der Waals surface area contributed by atoms with Gasteiger partial charge in [-0.3, -0.25) is 4.79 Å². The Kier molecular flexibility index (Phi) is 6.99. The molecule has 2 aromatic rings. The Balaban J connectivity index is 1.94. The smallest absolute Gasteiger partial charge is 0.341 e. The van der Waals surface area contributed by atoms with Gasteiger partial charge in [0.05, 0.1) is 12.7 Å². The van der Waals surface area contributed by atoms with E-state index in [9.17, 15) is 23.2 Å². The normalized spacial score (nSPS) is 11.4. The van der Waals surface area contributed by atoms with E-state index in [1.54, 1.807) is 24.3 Å². The van der Waals surface area contributed by atoms with Crippen LogP contribution in [0.3, 0.4) is 0 Å². The molecule has 0 spiro atoms. The molecule has 2 aromatic carbocycles. The van der Waals surface area contributed by atoms with Gasteiger partial charge in [0.15, 0.2) is 6.61 Å². The zero-order chi connectivity index (χ0) is 19.8. The summed E-state index contributed by atoms with van der Waals surface area (Å²) in [6, 6.07) is 10.3. The second-order valence-corrected chi connectivity index (χ2v) is 5.53. The molecule has 1 atom stereocenters. The molecule has 0 aliphatic rings. The van der Waals surface area contributed by atoms with E-state index >= 15 is 0 Å². The number of methoxy groups -OCH3 is 1. The van der Waals surface area contributed by atoms with E-state index in [0.29, 0.717) is 6.07 Å².